The van der Waals surface area contributed by atoms with Crippen LogP contribution in [0.3, 0.4) is 0 Å². The lowest BCUT2D eigenvalue weighted by atomic mass is 9.98. The topological polar surface area (TPSA) is 123 Å². The van der Waals surface area contributed by atoms with Crippen molar-refractivity contribution in [3.63, 3.8) is 0 Å². The molecule has 1 aromatic carbocycles. The van der Waals surface area contributed by atoms with E-state index in [1.807, 2.05) is 30.5 Å². The third-order valence-corrected chi connectivity index (χ3v) is 4.77. The molecule has 1 heterocycles. The van der Waals surface area contributed by atoms with Gasteiger partial charge in [0.05, 0.1) is 32.4 Å². The molecule has 1 fully saturated rings. The van der Waals surface area contributed by atoms with Gasteiger partial charge in [-0.25, -0.2) is 0 Å². The highest BCUT2D eigenvalue weighted by atomic mass is 32.2. The van der Waals surface area contributed by atoms with Crippen molar-refractivity contribution in [2.45, 2.75) is 36.4 Å². The van der Waals surface area contributed by atoms with Gasteiger partial charge in [-0.2, -0.15) is 0 Å². The molecule has 0 aliphatic carbocycles. The number of azide groups is 1. The number of thioether (sulfide) groups is 1. The second-order valence-corrected chi connectivity index (χ2v) is 6.32. The quantitative estimate of drug-likeness (QED) is 0.436. The molecule has 9 heteroatoms. The number of aliphatic hydroxyl groups excluding tert-OH is 1. The fourth-order valence-corrected chi connectivity index (χ4v) is 3.27. The number of rotatable bonds is 7. The molecule has 2 rings (SSSR count). The van der Waals surface area contributed by atoms with Gasteiger partial charge in [0.1, 0.15) is 23.4 Å². The highest BCUT2D eigenvalue weighted by Gasteiger charge is 2.43. The molecule has 1 aromatic rings. The number of methoxy groups -OCH3 is 1. The summed E-state index contributed by atoms with van der Waals surface area (Å²) in [6, 6.07) is 6.84. The molecule has 2 unspecified atom stereocenters. The van der Waals surface area contributed by atoms with Gasteiger partial charge in [0.2, 0.25) is 0 Å². The number of ether oxygens (including phenoxy) is 3. The molecule has 0 saturated carbocycles. The van der Waals surface area contributed by atoms with E-state index < -0.39 is 24.4 Å². The summed E-state index contributed by atoms with van der Waals surface area (Å²) in [5, 5.41) is 14.0. The van der Waals surface area contributed by atoms with Crippen LogP contribution in [0.5, 0.6) is 5.75 Å². The van der Waals surface area contributed by atoms with Crippen LogP contribution in [-0.4, -0.2) is 54.8 Å². The average molecular weight is 354 g/mol. The van der Waals surface area contributed by atoms with Crippen LogP contribution in [0, 0.1) is 0 Å². The van der Waals surface area contributed by atoms with Gasteiger partial charge in [-0.05, 0) is 29.5 Å². The lowest BCUT2D eigenvalue weighted by Crippen LogP contribution is -2.61. The second kappa shape index (κ2) is 9.12. The molecule has 1 saturated heterocycles. The maximum absolute atomic E-state index is 10.5. The molecule has 1 aliphatic rings. The van der Waals surface area contributed by atoms with E-state index in [1.165, 1.54) is 11.8 Å². The van der Waals surface area contributed by atoms with Crippen LogP contribution >= 0.6 is 11.8 Å². The normalized spacial score (nSPS) is 29.8. The fourth-order valence-electron chi connectivity index (χ4n) is 2.54. The Kier molecular flexibility index (Phi) is 7.16. The standard InChI is InChI=1S/C15H22N4O4S/c1-21-10-5-3-9(4-6-10)8-22-14-11(7-18-19-17)23-15(24-2)12(16)13(14)20/h3-6,11-15,20H,7-8,16H2,1-2H3/t11?,12?,13-,14+,15+/m1/s1. The lowest BCUT2D eigenvalue weighted by Gasteiger charge is -2.42. The Morgan fingerprint density at radius 2 is 2.12 bits per heavy atom. The minimum Gasteiger partial charge on any atom is -0.497 e. The van der Waals surface area contributed by atoms with Crippen molar-refractivity contribution in [3.05, 3.63) is 40.3 Å². The van der Waals surface area contributed by atoms with E-state index in [0.717, 1.165) is 11.3 Å². The summed E-state index contributed by atoms with van der Waals surface area (Å²) in [5.74, 6) is 0.755. The minimum atomic E-state index is -0.909. The fraction of sp³-hybridized carbons (Fsp3) is 0.600. The Morgan fingerprint density at radius 3 is 2.71 bits per heavy atom. The molecule has 132 valence electrons. The van der Waals surface area contributed by atoms with E-state index >= 15 is 0 Å². The third kappa shape index (κ3) is 4.54. The molecule has 0 radical (unpaired) electrons. The summed E-state index contributed by atoms with van der Waals surface area (Å²) in [6.45, 7) is 0.350. The van der Waals surface area contributed by atoms with Gasteiger partial charge >= 0.3 is 0 Å². The van der Waals surface area contributed by atoms with Crippen LogP contribution in [0.2, 0.25) is 0 Å². The number of benzene rings is 1. The van der Waals surface area contributed by atoms with Crippen molar-refractivity contribution in [3.8, 4) is 5.75 Å². The molecule has 0 spiro atoms. The van der Waals surface area contributed by atoms with Crippen LogP contribution in [0.1, 0.15) is 5.56 Å². The molecule has 1 aliphatic heterocycles. The first-order valence-electron chi connectivity index (χ1n) is 7.48. The van der Waals surface area contributed by atoms with Gasteiger partial charge in [0, 0.05) is 4.91 Å². The molecular weight excluding hydrogens is 332 g/mol. The van der Waals surface area contributed by atoms with Crippen LogP contribution < -0.4 is 10.5 Å². The van der Waals surface area contributed by atoms with E-state index in [-0.39, 0.29) is 18.6 Å². The van der Waals surface area contributed by atoms with Crippen molar-refractivity contribution < 1.29 is 19.3 Å². The first-order chi connectivity index (χ1) is 11.6. The van der Waals surface area contributed by atoms with E-state index in [4.69, 9.17) is 25.5 Å². The Labute approximate surface area is 144 Å². The molecule has 5 atom stereocenters. The van der Waals surface area contributed by atoms with E-state index in [0.29, 0.717) is 0 Å². The van der Waals surface area contributed by atoms with Crippen LogP contribution in [0.15, 0.2) is 29.4 Å². The predicted octanol–water partition coefficient (Wildman–Crippen LogP) is 1.67. The van der Waals surface area contributed by atoms with Gasteiger partial charge in [-0.3, -0.25) is 0 Å². The summed E-state index contributed by atoms with van der Waals surface area (Å²) in [6.07, 6.45) is -0.281. The number of nitrogens with zero attached hydrogens (tertiary/aromatic N) is 3. The zero-order valence-electron chi connectivity index (χ0n) is 13.6. The maximum atomic E-state index is 10.5. The van der Waals surface area contributed by atoms with Crippen molar-refractivity contribution >= 4 is 11.8 Å². The van der Waals surface area contributed by atoms with Crippen molar-refractivity contribution in [1.82, 2.24) is 0 Å². The molecular formula is C15H22N4O4S. The number of hydrogen-bond donors (Lipinski definition) is 2. The van der Waals surface area contributed by atoms with E-state index in [9.17, 15) is 5.11 Å². The molecule has 8 nitrogen and oxygen atoms in total. The number of hydrogen-bond acceptors (Lipinski definition) is 7. The molecule has 0 amide bonds. The van der Waals surface area contributed by atoms with Crippen LogP contribution in [-0.2, 0) is 16.1 Å². The monoisotopic (exact) mass is 354 g/mol. The molecule has 24 heavy (non-hydrogen) atoms. The van der Waals surface area contributed by atoms with Crippen LogP contribution in [0.25, 0.3) is 10.4 Å². The van der Waals surface area contributed by atoms with Gasteiger partial charge < -0.3 is 25.1 Å². The smallest absolute Gasteiger partial charge is 0.121 e. The number of nitrogens with two attached hydrogens (primary N) is 1. The minimum absolute atomic E-state index is 0.0740. The Hall–Kier alpha value is -1.48. The maximum Gasteiger partial charge on any atom is 0.121 e. The van der Waals surface area contributed by atoms with Gasteiger partial charge in [-0.15, -0.1) is 11.8 Å². The first-order valence-corrected chi connectivity index (χ1v) is 8.76. The van der Waals surface area contributed by atoms with Gasteiger partial charge in [-0.1, -0.05) is 17.2 Å². The van der Waals surface area contributed by atoms with Gasteiger partial charge in [0.15, 0.2) is 0 Å². The largest absolute Gasteiger partial charge is 0.497 e. The van der Waals surface area contributed by atoms with Gasteiger partial charge in [0.25, 0.3) is 0 Å². The predicted molar refractivity (Wildman–Crippen MR) is 91.7 cm³/mol. The summed E-state index contributed by atoms with van der Waals surface area (Å²) >= 11 is 1.40. The molecule has 3 N–H and O–H groups in total. The van der Waals surface area contributed by atoms with Crippen LogP contribution in [0.4, 0.5) is 0 Å². The van der Waals surface area contributed by atoms with Crippen molar-refractivity contribution in [1.29, 1.82) is 0 Å². The summed E-state index contributed by atoms with van der Waals surface area (Å²) in [5.41, 5.74) is 15.1. The highest BCUT2D eigenvalue weighted by molar-refractivity contribution is 7.99. The summed E-state index contributed by atoms with van der Waals surface area (Å²) < 4.78 is 16.8. The summed E-state index contributed by atoms with van der Waals surface area (Å²) in [7, 11) is 1.60. The van der Waals surface area contributed by atoms with Crippen molar-refractivity contribution in [2.24, 2.45) is 10.8 Å². The first kappa shape index (κ1) is 18.9. The van der Waals surface area contributed by atoms with E-state index in [2.05, 4.69) is 10.0 Å². The molecule has 0 aromatic heterocycles. The zero-order valence-corrected chi connectivity index (χ0v) is 14.4. The highest BCUT2D eigenvalue weighted by Crippen LogP contribution is 2.28. The number of aliphatic hydroxyl groups is 1. The Balaban J connectivity index is 2.06. The lowest BCUT2D eigenvalue weighted by molar-refractivity contribution is -0.177. The second-order valence-electron chi connectivity index (χ2n) is 5.38. The average Bonchev–Trinajstić information content (AvgIpc) is 2.62. The van der Waals surface area contributed by atoms with Crippen molar-refractivity contribution in [2.75, 3.05) is 19.9 Å². The summed E-state index contributed by atoms with van der Waals surface area (Å²) in [4.78, 5) is 2.75. The zero-order chi connectivity index (χ0) is 17.5. The Morgan fingerprint density at radius 1 is 1.42 bits per heavy atom. The Bertz CT molecular complexity index is 567. The molecule has 0 bridgehead atoms. The van der Waals surface area contributed by atoms with E-state index in [1.54, 1.807) is 7.11 Å². The third-order valence-electron chi connectivity index (χ3n) is 3.88. The SMILES string of the molecule is COc1ccc(CO[C@H]2C(CN=[N+]=[N-])O[C@@H](SC)C(N)[C@H]2O)cc1.